The van der Waals surface area contributed by atoms with E-state index in [4.69, 9.17) is 15.2 Å². The molecule has 2 atom stereocenters. The van der Waals surface area contributed by atoms with Crippen LogP contribution in [0.15, 0.2) is 18.2 Å². The van der Waals surface area contributed by atoms with Gasteiger partial charge in [-0.2, -0.15) is 0 Å². The summed E-state index contributed by atoms with van der Waals surface area (Å²) in [7, 11) is 3.27. The fourth-order valence-corrected chi connectivity index (χ4v) is 2.83. The summed E-state index contributed by atoms with van der Waals surface area (Å²) < 4.78 is 10.6. The maximum atomic E-state index is 11.3. The zero-order valence-electron chi connectivity index (χ0n) is 12.1. The summed E-state index contributed by atoms with van der Waals surface area (Å²) in [5.41, 5.74) is 6.60. The van der Waals surface area contributed by atoms with Crippen LogP contribution in [0.5, 0.6) is 11.5 Å². The van der Waals surface area contributed by atoms with E-state index >= 15 is 0 Å². The molecule has 0 saturated carbocycles. The Morgan fingerprint density at radius 2 is 2.10 bits per heavy atom. The number of carbonyl (C=O) groups is 1. The number of likely N-dealkylation sites (tertiary alicyclic amines) is 1. The fourth-order valence-electron chi connectivity index (χ4n) is 2.83. The van der Waals surface area contributed by atoms with Gasteiger partial charge in [0.05, 0.1) is 33.2 Å². The van der Waals surface area contributed by atoms with Gasteiger partial charge in [0.1, 0.15) is 6.54 Å². The number of quaternary nitrogens is 1. The molecule has 1 aromatic carbocycles. The zero-order chi connectivity index (χ0) is 14.5. The summed E-state index contributed by atoms with van der Waals surface area (Å²) >= 11 is 0. The predicted molar refractivity (Wildman–Crippen MR) is 75.9 cm³/mol. The number of hydrogen-bond donors (Lipinski definition) is 2. The van der Waals surface area contributed by atoms with Crippen LogP contribution >= 0.6 is 0 Å². The van der Waals surface area contributed by atoms with Gasteiger partial charge < -0.3 is 20.1 Å². The van der Waals surface area contributed by atoms with Crippen LogP contribution in [0.3, 0.4) is 0 Å². The third-order valence-electron chi connectivity index (χ3n) is 3.92. The first kappa shape index (κ1) is 14.7. The lowest BCUT2D eigenvalue weighted by atomic mass is 9.97. The van der Waals surface area contributed by atoms with Gasteiger partial charge >= 0.3 is 0 Å². The Balaban J connectivity index is 2.04. The summed E-state index contributed by atoms with van der Waals surface area (Å²) in [6.45, 7) is 2.78. The molecule has 110 valence electrons. The highest BCUT2D eigenvalue weighted by atomic mass is 16.5. The molecule has 5 heteroatoms. The number of nitrogens with one attached hydrogen (secondary N) is 1. The monoisotopic (exact) mass is 279 g/mol. The van der Waals surface area contributed by atoms with Crippen molar-refractivity contribution in [3.05, 3.63) is 23.8 Å². The van der Waals surface area contributed by atoms with Crippen LogP contribution in [0.4, 0.5) is 0 Å². The molecule has 1 unspecified atom stereocenters. The Kier molecular flexibility index (Phi) is 4.84. The van der Waals surface area contributed by atoms with Crippen molar-refractivity contribution < 1.29 is 19.2 Å². The molecule has 0 bridgehead atoms. The number of nitrogens with two attached hydrogens (primary N) is 1. The average Bonchev–Trinajstić information content (AvgIpc) is 2.47. The second-order valence-corrected chi connectivity index (χ2v) is 5.31. The summed E-state index contributed by atoms with van der Waals surface area (Å²) in [5, 5.41) is 0. The molecule has 1 saturated heterocycles. The van der Waals surface area contributed by atoms with Crippen molar-refractivity contribution in [2.45, 2.75) is 19.4 Å². The van der Waals surface area contributed by atoms with Gasteiger partial charge in [-0.1, -0.05) is 0 Å². The van der Waals surface area contributed by atoms with Crippen LogP contribution < -0.4 is 20.1 Å². The molecule has 2 rings (SSSR count). The molecule has 3 N–H and O–H groups in total. The third-order valence-corrected chi connectivity index (χ3v) is 3.92. The molecule has 1 heterocycles. The first-order chi connectivity index (χ1) is 9.63. The molecule has 1 amide bonds. The lowest BCUT2D eigenvalue weighted by Crippen LogP contribution is -3.12. The van der Waals surface area contributed by atoms with Crippen LogP contribution in [0, 0.1) is 5.92 Å². The standard InChI is InChI=1S/C15H22N2O3/c1-19-13-6-5-11(8-14(13)20-2)9-17-7-3-4-12(10-17)15(16)18/h5-6,8,12H,3-4,7,9-10H2,1-2H3,(H2,16,18)/p+1/t12-/m0/s1. The summed E-state index contributed by atoms with van der Waals surface area (Å²) in [4.78, 5) is 12.7. The van der Waals surface area contributed by atoms with Crippen molar-refractivity contribution in [1.29, 1.82) is 0 Å². The van der Waals surface area contributed by atoms with Crippen molar-refractivity contribution in [1.82, 2.24) is 0 Å². The van der Waals surface area contributed by atoms with Gasteiger partial charge in [-0.15, -0.1) is 0 Å². The number of hydrogen-bond acceptors (Lipinski definition) is 3. The predicted octanol–water partition coefficient (Wildman–Crippen LogP) is -0.0160. The van der Waals surface area contributed by atoms with Gasteiger partial charge in [-0.05, 0) is 31.0 Å². The summed E-state index contributed by atoms with van der Waals surface area (Å²) in [6, 6.07) is 5.96. The van der Waals surface area contributed by atoms with Gasteiger partial charge in [-0.25, -0.2) is 0 Å². The van der Waals surface area contributed by atoms with E-state index < -0.39 is 0 Å². The van der Waals surface area contributed by atoms with Crippen molar-refractivity contribution in [2.75, 3.05) is 27.3 Å². The molecule has 1 aliphatic rings. The molecule has 1 aliphatic heterocycles. The second-order valence-electron chi connectivity index (χ2n) is 5.31. The van der Waals surface area contributed by atoms with Crippen LogP contribution in [0.2, 0.25) is 0 Å². The van der Waals surface area contributed by atoms with E-state index in [1.165, 1.54) is 10.5 Å². The SMILES string of the molecule is COc1ccc(C[NH+]2CCC[C@H](C(N)=O)C2)cc1OC. The smallest absolute Gasteiger partial charge is 0.226 e. The highest BCUT2D eigenvalue weighted by Gasteiger charge is 2.27. The number of ether oxygens (including phenoxy) is 2. The van der Waals surface area contributed by atoms with E-state index in [0.29, 0.717) is 0 Å². The highest BCUT2D eigenvalue weighted by Crippen LogP contribution is 2.27. The number of rotatable bonds is 5. The number of methoxy groups -OCH3 is 2. The largest absolute Gasteiger partial charge is 0.493 e. The Bertz CT molecular complexity index is 476. The lowest BCUT2D eigenvalue weighted by Gasteiger charge is -2.28. The zero-order valence-corrected chi connectivity index (χ0v) is 12.1. The Labute approximate surface area is 119 Å². The summed E-state index contributed by atoms with van der Waals surface area (Å²) in [5.74, 6) is 1.32. The van der Waals surface area contributed by atoms with Gasteiger partial charge in [0.25, 0.3) is 0 Å². The van der Waals surface area contributed by atoms with Crippen molar-refractivity contribution >= 4 is 5.91 Å². The van der Waals surface area contributed by atoms with Crippen molar-refractivity contribution in [3.8, 4) is 11.5 Å². The summed E-state index contributed by atoms with van der Waals surface area (Å²) in [6.07, 6.45) is 1.97. The molecule has 0 spiro atoms. The van der Waals surface area contributed by atoms with Crippen molar-refractivity contribution in [2.24, 2.45) is 11.7 Å². The fraction of sp³-hybridized carbons (Fsp3) is 0.533. The number of carbonyl (C=O) groups excluding carboxylic acids is 1. The highest BCUT2D eigenvalue weighted by molar-refractivity contribution is 5.76. The number of amides is 1. The minimum Gasteiger partial charge on any atom is -0.493 e. The molecule has 0 aliphatic carbocycles. The van der Waals surface area contributed by atoms with Crippen molar-refractivity contribution in [3.63, 3.8) is 0 Å². The van der Waals surface area contributed by atoms with Gasteiger partial charge in [0, 0.05) is 5.56 Å². The molecule has 1 aromatic rings. The quantitative estimate of drug-likeness (QED) is 0.796. The van der Waals surface area contributed by atoms with Crippen LogP contribution in [-0.4, -0.2) is 33.2 Å². The third kappa shape index (κ3) is 3.42. The number of primary amides is 1. The Morgan fingerprint density at radius 3 is 2.75 bits per heavy atom. The maximum Gasteiger partial charge on any atom is 0.226 e. The normalized spacial score (nSPS) is 22.3. The van der Waals surface area contributed by atoms with Gasteiger partial charge in [-0.3, -0.25) is 4.79 Å². The molecular formula is C15H23N2O3+. The van der Waals surface area contributed by atoms with E-state index in [1.54, 1.807) is 14.2 Å². The lowest BCUT2D eigenvalue weighted by molar-refractivity contribution is -0.921. The topological polar surface area (TPSA) is 66.0 Å². The average molecular weight is 279 g/mol. The molecule has 5 nitrogen and oxygen atoms in total. The minimum atomic E-state index is -0.172. The van der Waals surface area contributed by atoms with Gasteiger partial charge in [0.15, 0.2) is 11.5 Å². The van der Waals surface area contributed by atoms with Crippen LogP contribution in [0.1, 0.15) is 18.4 Å². The Hall–Kier alpha value is -1.75. The Morgan fingerprint density at radius 1 is 1.35 bits per heavy atom. The second kappa shape index (κ2) is 6.61. The first-order valence-electron chi connectivity index (χ1n) is 6.97. The van der Waals surface area contributed by atoms with E-state index in [-0.39, 0.29) is 11.8 Å². The minimum absolute atomic E-state index is 0.0129. The van der Waals surface area contributed by atoms with Crippen LogP contribution in [0.25, 0.3) is 0 Å². The maximum absolute atomic E-state index is 11.3. The van der Waals surface area contributed by atoms with E-state index in [1.807, 2.05) is 18.2 Å². The van der Waals surface area contributed by atoms with E-state index in [2.05, 4.69) is 0 Å². The van der Waals surface area contributed by atoms with E-state index in [0.717, 1.165) is 44.0 Å². The first-order valence-corrected chi connectivity index (χ1v) is 6.97. The molecular weight excluding hydrogens is 256 g/mol. The molecule has 0 aromatic heterocycles. The number of benzene rings is 1. The van der Waals surface area contributed by atoms with E-state index in [9.17, 15) is 4.79 Å². The molecule has 0 radical (unpaired) electrons. The molecule has 20 heavy (non-hydrogen) atoms. The van der Waals surface area contributed by atoms with Gasteiger partial charge in [0.2, 0.25) is 5.91 Å². The van der Waals surface area contributed by atoms with Crippen LogP contribution in [-0.2, 0) is 11.3 Å². The molecule has 1 fully saturated rings. The number of piperidine rings is 1.